The predicted molar refractivity (Wildman–Crippen MR) is 77.4 cm³/mol. The molecular formula is C15H19NO6. The molecule has 7 heteroatoms. The van der Waals surface area contributed by atoms with E-state index in [0.29, 0.717) is 30.3 Å². The van der Waals surface area contributed by atoms with E-state index in [9.17, 15) is 9.59 Å². The van der Waals surface area contributed by atoms with Gasteiger partial charge in [0.1, 0.15) is 6.04 Å². The first kappa shape index (κ1) is 16.1. The first-order valence-electron chi connectivity index (χ1n) is 7.04. The van der Waals surface area contributed by atoms with Crippen LogP contribution in [0, 0.1) is 0 Å². The first-order valence-corrected chi connectivity index (χ1v) is 7.04. The highest BCUT2D eigenvalue weighted by Crippen LogP contribution is 2.30. The maximum absolute atomic E-state index is 12.2. The summed E-state index contributed by atoms with van der Waals surface area (Å²) in [6.45, 7) is 1.33. The molecule has 1 atom stereocenters. The number of benzene rings is 1. The van der Waals surface area contributed by atoms with Gasteiger partial charge in [0.05, 0.1) is 13.2 Å². The van der Waals surface area contributed by atoms with Crippen molar-refractivity contribution in [1.29, 1.82) is 0 Å². The number of hydrogen-bond donors (Lipinski definition) is 2. The molecule has 0 radical (unpaired) electrons. The molecule has 0 saturated heterocycles. The van der Waals surface area contributed by atoms with Crippen molar-refractivity contribution in [3.05, 3.63) is 23.8 Å². The summed E-state index contributed by atoms with van der Waals surface area (Å²) >= 11 is 0. The van der Waals surface area contributed by atoms with Crippen molar-refractivity contribution < 1.29 is 28.9 Å². The van der Waals surface area contributed by atoms with E-state index in [-0.39, 0.29) is 13.0 Å². The maximum Gasteiger partial charge on any atom is 0.326 e. The fourth-order valence-electron chi connectivity index (χ4n) is 2.04. The van der Waals surface area contributed by atoms with Gasteiger partial charge in [-0.2, -0.15) is 0 Å². The minimum atomic E-state index is -1.10. The molecule has 0 bridgehead atoms. The molecule has 0 fully saturated rings. The largest absolute Gasteiger partial charge is 0.490 e. The molecule has 120 valence electrons. The van der Waals surface area contributed by atoms with Crippen LogP contribution in [0.1, 0.15) is 23.2 Å². The van der Waals surface area contributed by atoms with E-state index in [2.05, 4.69) is 5.32 Å². The summed E-state index contributed by atoms with van der Waals surface area (Å²) in [5, 5.41) is 11.6. The van der Waals surface area contributed by atoms with Crippen LogP contribution in [0.4, 0.5) is 0 Å². The zero-order chi connectivity index (χ0) is 15.9. The second-order valence-corrected chi connectivity index (χ2v) is 4.86. The Balaban J connectivity index is 2.08. The molecule has 1 heterocycles. The van der Waals surface area contributed by atoms with Gasteiger partial charge in [0.25, 0.3) is 5.91 Å². The second-order valence-electron chi connectivity index (χ2n) is 4.86. The molecule has 2 N–H and O–H groups in total. The number of aliphatic carboxylic acids is 1. The normalized spacial score (nSPS) is 14.8. The van der Waals surface area contributed by atoms with Crippen LogP contribution >= 0.6 is 0 Å². The van der Waals surface area contributed by atoms with Gasteiger partial charge in [-0.3, -0.25) is 4.79 Å². The molecule has 0 saturated carbocycles. The number of carbonyl (C=O) groups is 2. The fraction of sp³-hybridized carbons (Fsp3) is 0.467. The lowest BCUT2D eigenvalue weighted by molar-refractivity contribution is -0.139. The lowest BCUT2D eigenvalue weighted by Crippen LogP contribution is -2.41. The van der Waals surface area contributed by atoms with Gasteiger partial charge >= 0.3 is 5.97 Å². The van der Waals surface area contributed by atoms with Gasteiger partial charge in [0.15, 0.2) is 11.5 Å². The van der Waals surface area contributed by atoms with E-state index in [1.165, 1.54) is 7.11 Å². The average Bonchev–Trinajstić information content (AvgIpc) is 2.75. The number of carbonyl (C=O) groups excluding carboxylic acids is 1. The molecule has 22 heavy (non-hydrogen) atoms. The summed E-state index contributed by atoms with van der Waals surface area (Å²) in [5.74, 6) is -0.490. The third-order valence-corrected chi connectivity index (χ3v) is 3.22. The van der Waals surface area contributed by atoms with Crippen LogP contribution in [0.25, 0.3) is 0 Å². The fourth-order valence-corrected chi connectivity index (χ4v) is 2.04. The summed E-state index contributed by atoms with van der Waals surface area (Å²) in [6, 6.07) is 3.80. The Morgan fingerprint density at radius 1 is 1.32 bits per heavy atom. The van der Waals surface area contributed by atoms with Crippen molar-refractivity contribution in [2.45, 2.75) is 18.9 Å². The van der Waals surface area contributed by atoms with Crippen molar-refractivity contribution >= 4 is 11.9 Å². The molecule has 1 aliphatic rings. The van der Waals surface area contributed by atoms with Crippen molar-refractivity contribution in [3.8, 4) is 11.5 Å². The van der Waals surface area contributed by atoms with Crippen LogP contribution in [0.5, 0.6) is 11.5 Å². The maximum atomic E-state index is 12.2. The van der Waals surface area contributed by atoms with Crippen LogP contribution in [0.3, 0.4) is 0 Å². The highest BCUT2D eigenvalue weighted by Gasteiger charge is 2.21. The molecule has 1 aliphatic heterocycles. The number of carboxylic acid groups (broad SMARTS) is 1. The Kier molecular flexibility index (Phi) is 5.60. The summed E-state index contributed by atoms with van der Waals surface area (Å²) in [5.41, 5.74) is 0.327. The van der Waals surface area contributed by atoms with Gasteiger partial charge in [0.2, 0.25) is 0 Å². The van der Waals surface area contributed by atoms with Gasteiger partial charge in [-0.1, -0.05) is 0 Å². The molecule has 7 nitrogen and oxygen atoms in total. The van der Waals surface area contributed by atoms with Crippen LogP contribution < -0.4 is 14.8 Å². The van der Waals surface area contributed by atoms with E-state index in [0.717, 1.165) is 6.42 Å². The lowest BCUT2D eigenvalue weighted by Gasteiger charge is -2.15. The van der Waals surface area contributed by atoms with E-state index >= 15 is 0 Å². The molecule has 1 aromatic rings. The van der Waals surface area contributed by atoms with Crippen LogP contribution in [-0.4, -0.2) is 50.0 Å². The number of nitrogens with one attached hydrogen (secondary N) is 1. The zero-order valence-electron chi connectivity index (χ0n) is 12.3. The van der Waals surface area contributed by atoms with Crippen LogP contribution in [-0.2, 0) is 9.53 Å². The Hall–Kier alpha value is -2.28. The summed E-state index contributed by atoms with van der Waals surface area (Å²) < 4.78 is 15.9. The number of rotatable bonds is 6. The Bertz CT molecular complexity index is 545. The molecular weight excluding hydrogens is 290 g/mol. The van der Waals surface area contributed by atoms with Crippen molar-refractivity contribution in [1.82, 2.24) is 5.32 Å². The van der Waals surface area contributed by atoms with Crippen LogP contribution in [0.15, 0.2) is 18.2 Å². The van der Waals surface area contributed by atoms with Crippen molar-refractivity contribution in [3.63, 3.8) is 0 Å². The Morgan fingerprint density at radius 3 is 2.73 bits per heavy atom. The molecule has 0 unspecified atom stereocenters. The van der Waals surface area contributed by atoms with Gasteiger partial charge < -0.3 is 24.6 Å². The second kappa shape index (κ2) is 7.65. The van der Waals surface area contributed by atoms with E-state index in [4.69, 9.17) is 19.3 Å². The Morgan fingerprint density at radius 2 is 2.05 bits per heavy atom. The number of ether oxygens (including phenoxy) is 3. The Labute approximate surface area is 128 Å². The molecule has 1 aromatic carbocycles. The lowest BCUT2D eigenvalue weighted by atomic mass is 10.1. The quantitative estimate of drug-likeness (QED) is 0.816. The van der Waals surface area contributed by atoms with Gasteiger partial charge in [0, 0.05) is 32.1 Å². The molecule has 0 aromatic heterocycles. The number of carboxylic acids is 1. The highest BCUT2D eigenvalue weighted by atomic mass is 16.5. The number of hydrogen-bond acceptors (Lipinski definition) is 5. The smallest absolute Gasteiger partial charge is 0.326 e. The topological polar surface area (TPSA) is 94.1 Å². The third kappa shape index (κ3) is 4.11. The molecule has 0 aliphatic carbocycles. The minimum Gasteiger partial charge on any atom is -0.490 e. The van der Waals surface area contributed by atoms with Crippen LogP contribution in [0.2, 0.25) is 0 Å². The molecule has 2 rings (SSSR count). The average molecular weight is 309 g/mol. The molecule has 1 amide bonds. The first-order chi connectivity index (χ1) is 10.6. The monoisotopic (exact) mass is 309 g/mol. The zero-order valence-corrected chi connectivity index (χ0v) is 12.3. The number of methoxy groups -OCH3 is 1. The summed E-state index contributed by atoms with van der Waals surface area (Å²) in [4.78, 5) is 23.3. The van der Waals surface area contributed by atoms with Gasteiger partial charge in [-0.15, -0.1) is 0 Å². The predicted octanol–water partition coefficient (Wildman–Crippen LogP) is 1.07. The van der Waals surface area contributed by atoms with E-state index in [1.54, 1.807) is 18.2 Å². The summed E-state index contributed by atoms with van der Waals surface area (Å²) in [6.07, 6.45) is 0.969. The van der Waals surface area contributed by atoms with Gasteiger partial charge in [-0.25, -0.2) is 4.79 Å². The minimum absolute atomic E-state index is 0.197. The molecule has 0 spiro atoms. The van der Waals surface area contributed by atoms with E-state index in [1.807, 2.05) is 0 Å². The van der Waals surface area contributed by atoms with E-state index < -0.39 is 17.9 Å². The van der Waals surface area contributed by atoms with Crippen molar-refractivity contribution in [2.24, 2.45) is 0 Å². The number of amides is 1. The standard InChI is InChI=1S/C15H19NO6/c1-20-8-5-11(15(18)19)16-14(17)10-3-4-12-13(9-10)22-7-2-6-21-12/h3-4,9,11H,2,5-8H2,1H3,(H,16,17)(H,18,19)/t11-/m0/s1. The third-order valence-electron chi connectivity index (χ3n) is 3.22. The number of fused-ring (bicyclic) bond motifs is 1. The summed E-state index contributed by atoms with van der Waals surface area (Å²) in [7, 11) is 1.48. The van der Waals surface area contributed by atoms with Gasteiger partial charge in [-0.05, 0) is 18.2 Å². The van der Waals surface area contributed by atoms with Crippen molar-refractivity contribution in [2.75, 3.05) is 26.9 Å². The SMILES string of the molecule is COCC[C@H](NC(=O)c1ccc2c(c1)OCCCO2)C(=O)O. The highest BCUT2D eigenvalue weighted by molar-refractivity contribution is 5.97.